The average Bonchev–Trinajstić information content (AvgIpc) is 2.85. The Labute approximate surface area is 216 Å². The first-order valence-electron chi connectivity index (χ1n) is 11.5. The Morgan fingerprint density at radius 3 is 2.33 bits per heavy atom. The van der Waals surface area contributed by atoms with E-state index >= 15 is 0 Å². The van der Waals surface area contributed by atoms with Crippen molar-refractivity contribution in [1.29, 1.82) is 0 Å². The van der Waals surface area contributed by atoms with Crippen LogP contribution in [0.15, 0.2) is 71.6 Å². The Bertz CT molecular complexity index is 1260. The molecular weight excluding hydrogens is 500 g/mol. The second-order valence-electron chi connectivity index (χ2n) is 7.88. The zero-order valence-corrected chi connectivity index (χ0v) is 22.2. The first-order valence-corrected chi connectivity index (χ1v) is 14.3. The maximum absolute atomic E-state index is 12.1. The molecule has 0 bridgehead atoms. The van der Waals surface area contributed by atoms with E-state index in [2.05, 4.69) is 6.07 Å². The van der Waals surface area contributed by atoms with Gasteiger partial charge in [0, 0.05) is 18.6 Å². The van der Waals surface area contributed by atoms with Crippen molar-refractivity contribution in [1.82, 2.24) is 0 Å². The molecule has 3 rings (SSSR count). The number of rotatable bonds is 13. The van der Waals surface area contributed by atoms with E-state index in [1.54, 1.807) is 37.9 Å². The molecule has 0 unspecified atom stereocenters. The van der Waals surface area contributed by atoms with Gasteiger partial charge in [-0.25, -0.2) is 0 Å². The lowest BCUT2D eigenvalue weighted by Crippen LogP contribution is -2.10. The standard InChI is InChI=1S/C27H30O7S2/c1-4-26(28)33-27-21(15-17-32-22-11-13-23(14-12-22)34-36(3,29)30)8-6-10-25(27)35-18-16-20-7-5-9-24(19-20)31-2/h5-14,19H,4,15-18H2,1-3H3. The number of aryl methyl sites for hydroxylation is 1. The fourth-order valence-corrected chi connectivity index (χ4v) is 4.82. The summed E-state index contributed by atoms with van der Waals surface area (Å²) in [7, 11) is -1.93. The quantitative estimate of drug-likeness (QED) is 0.127. The van der Waals surface area contributed by atoms with Gasteiger partial charge in [-0.3, -0.25) is 4.79 Å². The number of carbonyl (C=O) groups is 1. The molecule has 3 aromatic rings. The van der Waals surface area contributed by atoms with Crippen molar-refractivity contribution in [2.45, 2.75) is 31.1 Å². The minimum absolute atomic E-state index is 0.220. The first kappa shape index (κ1) is 27.4. The van der Waals surface area contributed by atoms with Crippen molar-refractivity contribution in [3.05, 3.63) is 77.9 Å². The van der Waals surface area contributed by atoms with Crippen molar-refractivity contribution < 1.29 is 31.6 Å². The zero-order valence-electron chi connectivity index (χ0n) is 20.6. The van der Waals surface area contributed by atoms with Crippen LogP contribution in [0.1, 0.15) is 24.5 Å². The fourth-order valence-electron chi connectivity index (χ4n) is 3.33. The van der Waals surface area contributed by atoms with Crippen LogP contribution in [0.4, 0.5) is 0 Å². The van der Waals surface area contributed by atoms with Gasteiger partial charge in [-0.1, -0.05) is 31.2 Å². The number of thioether (sulfide) groups is 1. The van der Waals surface area contributed by atoms with Gasteiger partial charge in [0.25, 0.3) is 0 Å². The van der Waals surface area contributed by atoms with E-state index in [1.807, 2.05) is 36.4 Å². The van der Waals surface area contributed by atoms with Gasteiger partial charge in [-0.2, -0.15) is 8.42 Å². The molecule has 0 spiro atoms. The number of ether oxygens (including phenoxy) is 3. The molecular formula is C27H30O7S2. The molecule has 0 atom stereocenters. The predicted molar refractivity (Wildman–Crippen MR) is 141 cm³/mol. The predicted octanol–water partition coefficient (Wildman–Crippen LogP) is 5.31. The van der Waals surface area contributed by atoms with Crippen LogP contribution in [0.2, 0.25) is 0 Å². The molecule has 0 fully saturated rings. The van der Waals surface area contributed by atoms with Crippen LogP contribution in [0.3, 0.4) is 0 Å². The second-order valence-corrected chi connectivity index (χ2v) is 10.6. The van der Waals surface area contributed by atoms with E-state index in [0.29, 0.717) is 24.5 Å². The lowest BCUT2D eigenvalue weighted by Gasteiger charge is -2.15. The molecule has 0 saturated heterocycles. The molecule has 0 N–H and O–H groups in total. The van der Waals surface area contributed by atoms with Crippen molar-refractivity contribution in [2.75, 3.05) is 25.7 Å². The third kappa shape index (κ3) is 8.80. The minimum Gasteiger partial charge on any atom is -0.497 e. The van der Waals surface area contributed by atoms with E-state index in [1.165, 1.54) is 17.7 Å². The maximum Gasteiger partial charge on any atom is 0.310 e. The van der Waals surface area contributed by atoms with Crippen molar-refractivity contribution in [3.63, 3.8) is 0 Å². The molecule has 0 aliphatic carbocycles. The molecule has 36 heavy (non-hydrogen) atoms. The molecule has 3 aromatic carbocycles. The summed E-state index contributed by atoms with van der Waals surface area (Å²) in [6.45, 7) is 2.11. The van der Waals surface area contributed by atoms with E-state index in [0.717, 1.165) is 34.6 Å². The summed E-state index contributed by atoms with van der Waals surface area (Å²) in [5.74, 6) is 2.71. The van der Waals surface area contributed by atoms with Crippen LogP contribution in [0, 0.1) is 0 Å². The number of hydrogen-bond donors (Lipinski definition) is 0. The number of methoxy groups -OCH3 is 1. The minimum atomic E-state index is -3.58. The summed E-state index contributed by atoms with van der Waals surface area (Å²) in [6, 6.07) is 20.2. The topological polar surface area (TPSA) is 88.1 Å². The van der Waals surface area contributed by atoms with Gasteiger partial charge in [-0.05, 0) is 60.0 Å². The van der Waals surface area contributed by atoms with Crippen LogP contribution >= 0.6 is 11.8 Å². The average molecular weight is 531 g/mol. The Morgan fingerprint density at radius 2 is 1.64 bits per heavy atom. The van der Waals surface area contributed by atoms with Crippen LogP contribution in [0.5, 0.6) is 23.0 Å². The molecule has 0 radical (unpaired) electrons. The number of benzene rings is 3. The molecule has 0 aliphatic heterocycles. The Kier molecular flexibility index (Phi) is 10.1. The normalized spacial score (nSPS) is 11.1. The van der Waals surface area contributed by atoms with Gasteiger partial charge in [-0.15, -0.1) is 11.8 Å². The van der Waals surface area contributed by atoms with Crippen molar-refractivity contribution in [3.8, 4) is 23.0 Å². The molecule has 7 nitrogen and oxygen atoms in total. The lowest BCUT2D eigenvalue weighted by atomic mass is 10.1. The van der Waals surface area contributed by atoms with Gasteiger partial charge >= 0.3 is 16.1 Å². The van der Waals surface area contributed by atoms with Gasteiger partial charge in [0.15, 0.2) is 0 Å². The Morgan fingerprint density at radius 1 is 0.917 bits per heavy atom. The highest BCUT2D eigenvalue weighted by atomic mass is 32.2. The van der Waals surface area contributed by atoms with Crippen LogP contribution in [0.25, 0.3) is 0 Å². The largest absolute Gasteiger partial charge is 0.497 e. The molecule has 0 aliphatic rings. The molecule has 0 aromatic heterocycles. The van der Waals surface area contributed by atoms with Crippen molar-refractivity contribution in [2.24, 2.45) is 0 Å². The lowest BCUT2D eigenvalue weighted by molar-refractivity contribution is -0.134. The number of para-hydroxylation sites is 1. The summed E-state index contributed by atoms with van der Waals surface area (Å²) in [5, 5.41) is 0. The second kappa shape index (κ2) is 13.2. The summed E-state index contributed by atoms with van der Waals surface area (Å²) in [4.78, 5) is 13.0. The maximum atomic E-state index is 12.1. The number of hydrogen-bond acceptors (Lipinski definition) is 8. The highest BCUT2D eigenvalue weighted by Crippen LogP contribution is 2.34. The van der Waals surface area contributed by atoms with Crippen LogP contribution in [-0.2, 0) is 27.8 Å². The van der Waals surface area contributed by atoms with Crippen molar-refractivity contribution >= 4 is 27.8 Å². The third-order valence-electron chi connectivity index (χ3n) is 5.06. The molecule has 192 valence electrons. The first-order chi connectivity index (χ1) is 17.3. The fraction of sp³-hybridized carbons (Fsp3) is 0.296. The SMILES string of the molecule is CCC(=O)Oc1c(CCOc2ccc(OS(C)(=O)=O)cc2)cccc1SCCc1cccc(OC)c1. The highest BCUT2D eigenvalue weighted by Gasteiger charge is 2.14. The summed E-state index contributed by atoms with van der Waals surface area (Å²) in [6.07, 6.45) is 2.64. The summed E-state index contributed by atoms with van der Waals surface area (Å²) < 4.78 is 44.2. The van der Waals surface area contributed by atoms with E-state index in [-0.39, 0.29) is 18.1 Å². The molecule has 0 amide bonds. The number of carbonyl (C=O) groups excluding carboxylic acids is 1. The van der Waals surface area contributed by atoms with Gasteiger partial charge in [0.2, 0.25) is 0 Å². The van der Waals surface area contributed by atoms with Gasteiger partial charge < -0.3 is 18.4 Å². The zero-order chi connectivity index (χ0) is 26.0. The van der Waals surface area contributed by atoms with E-state index < -0.39 is 10.1 Å². The number of esters is 1. The van der Waals surface area contributed by atoms with E-state index in [4.69, 9.17) is 18.4 Å². The van der Waals surface area contributed by atoms with Gasteiger partial charge in [0.05, 0.1) is 24.9 Å². The van der Waals surface area contributed by atoms with Crippen LogP contribution in [-0.4, -0.2) is 40.1 Å². The highest BCUT2D eigenvalue weighted by molar-refractivity contribution is 7.99. The third-order valence-corrected chi connectivity index (χ3v) is 6.59. The molecule has 0 saturated carbocycles. The Hall–Kier alpha value is -3.17. The van der Waals surface area contributed by atoms with Gasteiger partial charge in [0.1, 0.15) is 23.0 Å². The monoisotopic (exact) mass is 530 g/mol. The summed E-state index contributed by atoms with van der Waals surface area (Å²) >= 11 is 1.64. The Balaban J connectivity index is 1.64. The van der Waals surface area contributed by atoms with Crippen LogP contribution < -0.4 is 18.4 Å². The summed E-state index contributed by atoms with van der Waals surface area (Å²) in [5.41, 5.74) is 2.05. The van der Waals surface area contributed by atoms with E-state index in [9.17, 15) is 13.2 Å². The molecule has 9 heteroatoms. The smallest absolute Gasteiger partial charge is 0.310 e. The molecule has 0 heterocycles.